The number of primary amides is 1. The van der Waals surface area contributed by atoms with Crippen LogP contribution in [0.1, 0.15) is 52.5 Å². The molecular formula is C24H28FN5O2. The summed E-state index contributed by atoms with van der Waals surface area (Å²) in [6, 6.07) is 5.56. The molecular weight excluding hydrogens is 409 g/mol. The van der Waals surface area contributed by atoms with Crippen molar-refractivity contribution in [1.29, 1.82) is 0 Å². The highest BCUT2D eigenvalue weighted by molar-refractivity contribution is 5.90. The van der Waals surface area contributed by atoms with Crippen molar-refractivity contribution in [3.8, 4) is 0 Å². The van der Waals surface area contributed by atoms with Crippen molar-refractivity contribution in [3.05, 3.63) is 69.2 Å². The number of halogens is 1. The van der Waals surface area contributed by atoms with E-state index < -0.39 is 11.9 Å². The Hall–Kier alpha value is -3.00. The SMILES string of the molecule is NC(=O)c1ccc(N2CCN(C3C=CC(c4cc5c(c(=O)[nH]4)CCCC5)C3)CC2)c(F)n1. The van der Waals surface area contributed by atoms with Gasteiger partial charge in [-0.15, -0.1) is 0 Å². The number of carbonyl (C=O) groups is 1. The van der Waals surface area contributed by atoms with Gasteiger partial charge in [-0.2, -0.15) is 4.39 Å². The summed E-state index contributed by atoms with van der Waals surface area (Å²) in [6.45, 7) is 2.97. The van der Waals surface area contributed by atoms with E-state index in [0.717, 1.165) is 56.5 Å². The topological polar surface area (TPSA) is 95.3 Å². The quantitative estimate of drug-likeness (QED) is 0.564. The molecule has 32 heavy (non-hydrogen) atoms. The van der Waals surface area contributed by atoms with Gasteiger partial charge in [-0.25, -0.2) is 4.98 Å². The lowest BCUT2D eigenvalue weighted by atomic mass is 9.90. The third-order valence-corrected chi connectivity index (χ3v) is 7.04. The summed E-state index contributed by atoms with van der Waals surface area (Å²) in [6.07, 6.45) is 9.54. The van der Waals surface area contributed by atoms with Crippen LogP contribution in [-0.2, 0) is 12.8 Å². The molecule has 2 unspecified atom stereocenters. The molecule has 0 spiro atoms. The van der Waals surface area contributed by atoms with E-state index in [-0.39, 0.29) is 17.2 Å². The van der Waals surface area contributed by atoms with Crippen LogP contribution in [0.15, 0.2) is 35.1 Å². The molecule has 2 aliphatic carbocycles. The van der Waals surface area contributed by atoms with Crippen LogP contribution in [0.25, 0.3) is 0 Å². The monoisotopic (exact) mass is 437 g/mol. The molecule has 0 radical (unpaired) electrons. The van der Waals surface area contributed by atoms with Crippen LogP contribution in [0.2, 0.25) is 0 Å². The fourth-order valence-electron chi connectivity index (χ4n) is 5.25. The molecule has 1 amide bonds. The molecule has 2 aromatic heterocycles. The smallest absolute Gasteiger partial charge is 0.267 e. The Kier molecular flexibility index (Phi) is 5.55. The van der Waals surface area contributed by atoms with Crippen LogP contribution in [0, 0.1) is 5.95 Å². The van der Waals surface area contributed by atoms with E-state index in [1.807, 2.05) is 4.90 Å². The van der Waals surface area contributed by atoms with Gasteiger partial charge in [-0.05, 0) is 55.9 Å². The number of piperazine rings is 1. The van der Waals surface area contributed by atoms with Crippen molar-refractivity contribution in [2.24, 2.45) is 5.73 Å². The van der Waals surface area contributed by atoms with Crippen LogP contribution >= 0.6 is 0 Å². The van der Waals surface area contributed by atoms with Crippen LogP contribution in [-0.4, -0.2) is 53.0 Å². The molecule has 3 aliphatic rings. The molecule has 2 atom stereocenters. The Bertz CT molecular complexity index is 1120. The number of nitrogens with one attached hydrogen (secondary N) is 1. The van der Waals surface area contributed by atoms with Gasteiger partial charge in [0.2, 0.25) is 5.95 Å². The third kappa shape index (κ3) is 3.95. The standard InChI is InChI=1S/C24H28FN5O2/c25-22-21(8-7-19(27-22)23(26)31)30-11-9-29(10-12-30)17-6-5-16(13-17)20-14-15-3-1-2-4-18(15)24(32)28-20/h5-8,14,16-17H,1-4,9-13H2,(H2,26,31)(H,28,32). The number of rotatable bonds is 4. The average molecular weight is 438 g/mol. The van der Waals surface area contributed by atoms with Crippen LogP contribution < -0.4 is 16.2 Å². The zero-order chi connectivity index (χ0) is 22.2. The number of aryl methyl sites for hydroxylation is 1. The third-order valence-electron chi connectivity index (χ3n) is 7.04. The van der Waals surface area contributed by atoms with E-state index in [9.17, 15) is 14.0 Å². The minimum atomic E-state index is -0.733. The second-order valence-corrected chi connectivity index (χ2v) is 8.95. The second kappa shape index (κ2) is 8.50. The summed E-state index contributed by atoms with van der Waals surface area (Å²) in [4.78, 5) is 34.9. The number of hydrogen-bond donors (Lipinski definition) is 2. The molecule has 8 heteroatoms. The molecule has 1 saturated heterocycles. The molecule has 1 fully saturated rings. The first-order chi connectivity index (χ1) is 15.5. The number of H-pyrrole nitrogens is 1. The molecule has 0 bridgehead atoms. The summed E-state index contributed by atoms with van der Waals surface area (Å²) in [7, 11) is 0. The van der Waals surface area contributed by atoms with Gasteiger partial charge in [-0.1, -0.05) is 12.2 Å². The minimum Gasteiger partial charge on any atom is -0.365 e. The predicted octanol–water partition coefficient (Wildman–Crippen LogP) is 2.12. The fraction of sp³-hybridized carbons (Fsp3) is 0.458. The lowest BCUT2D eigenvalue weighted by Crippen LogP contribution is -2.50. The van der Waals surface area contributed by atoms with Crippen molar-refractivity contribution in [2.75, 3.05) is 31.1 Å². The number of hydrogen-bond acceptors (Lipinski definition) is 5. The summed E-state index contributed by atoms with van der Waals surface area (Å²) in [5.41, 5.74) is 8.82. The first-order valence-electron chi connectivity index (χ1n) is 11.4. The van der Waals surface area contributed by atoms with Gasteiger partial charge in [0.15, 0.2) is 0 Å². The highest BCUT2D eigenvalue weighted by atomic mass is 19.1. The van der Waals surface area contributed by atoms with Gasteiger partial charge in [0.05, 0.1) is 5.69 Å². The number of amides is 1. The normalized spacial score (nSPS) is 23.3. The molecule has 0 saturated carbocycles. The molecule has 7 nitrogen and oxygen atoms in total. The Morgan fingerprint density at radius 2 is 1.91 bits per heavy atom. The van der Waals surface area contributed by atoms with E-state index in [1.54, 1.807) is 6.07 Å². The van der Waals surface area contributed by atoms with Crippen LogP contribution in [0.3, 0.4) is 0 Å². The predicted molar refractivity (Wildman–Crippen MR) is 120 cm³/mol. The van der Waals surface area contributed by atoms with Crippen molar-refractivity contribution < 1.29 is 9.18 Å². The van der Waals surface area contributed by atoms with Gasteiger partial charge in [-0.3, -0.25) is 14.5 Å². The van der Waals surface area contributed by atoms with E-state index >= 15 is 0 Å². The molecule has 5 rings (SSSR count). The number of nitrogens with two attached hydrogens (primary N) is 1. The maximum atomic E-state index is 14.4. The summed E-state index contributed by atoms with van der Waals surface area (Å²) in [5.74, 6) is -1.17. The van der Waals surface area contributed by atoms with Crippen molar-refractivity contribution in [2.45, 2.75) is 44.1 Å². The maximum Gasteiger partial charge on any atom is 0.267 e. The van der Waals surface area contributed by atoms with Crippen LogP contribution in [0.4, 0.5) is 10.1 Å². The molecule has 168 valence electrons. The molecule has 2 aromatic rings. The fourth-order valence-corrected chi connectivity index (χ4v) is 5.25. The number of aromatic amines is 1. The largest absolute Gasteiger partial charge is 0.365 e. The first-order valence-corrected chi connectivity index (χ1v) is 11.4. The number of anilines is 1. The Balaban J connectivity index is 1.22. The van der Waals surface area contributed by atoms with E-state index in [1.165, 1.54) is 11.6 Å². The van der Waals surface area contributed by atoms with Gasteiger partial charge < -0.3 is 15.6 Å². The number of fused-ring (bicyclic) bond motifs is 1. The number of carbonyl (C=O) groups excluding carboxylic acids is 1. The highest BCUT2D eigenvalue weighted by Gasteiger charge is 2.30. The number of pyridine rings is 2. The number of allylic oxidation sites excluding steroid dienone is 1. The van der Waals surface area contributed by atoms with Crippen molar-refractivity contribution in [1.82, 2.24) is 14.9 Å². The van der Waals surface area contributed by atoms with Gasteiger partial charge >= 0.3 is 0 Å². The van der Waals surface area contributed by atoms with Crippen LogP contribution in [0.5, 0.6) is 0 Å². The molecule has 1 aliphatic heterocycles. The maximum absolute atomic E-state index is 14.4. The van der Waals surface area contributed by atoms with Crippen molar-refractivity contribution in [3.63, 3.8) is 0 Å². The Labute approximate surface area is 186 Å². The zero-order valence-electron chi connectivity index (χ0n) is 18.0. The lowest BCUT2D eigenvalue weighted by molar-refractivity contribution is 0.0994. The Morgan fingerprint density at radius 1 is 1.12 bits per heavy atom. The second-order valence-electron chi connectivity index (χ2n) is 8.95. The van der Waals surface area contributed by atoms with Crippen molar-refractivity contribution >= 4 is 11.6 Å². The molecule has 3 N–H and O–H groups in total. The van der Waals surface area contributed by atoms with Gasteiger partial charge in [0.25, 0.3) is 11.5 Å². The van der Waals surface area contributed by atoms with Gasteiger partial charge in [0.1, 0.15) is 5.69 Å². The van der Waals surface area contributed by atoms with E-state index in [0.29, 0.717) is 24.8 Å². The number of aromatic nitrogens is 2. The first kappa shape index (κ1) is 20.9. The highest BCUT2D eigenvalue weighted by Crippen LogP contribution is 2.32. The average Bonchev–Trinajstić information content (AvgIpc) is 3.29. The summed E-state index contributed by atoms with van der Waals surface area (Å²) in [5, 5.41) is 0. The minimum absolute atomic E-state index is 0.0627. The lowest BCUT2D eigenvalue weighted by Gasteiger charge is -2.38. The van der Waals surface area contributed by atoms with E-state index in [4.69, 9.17) is 5.73 Å². The summed E-state index contributed by atoms with van der Waals surface area (Å²) >= 11 is 0. The Morgan fingerprint density at radius 3 is 2.66 bits per heavy atom. The number of nitrogens with zero attached hydrogens (tertiary/aromatic N) is 3. The van der Waals surface area contributed by atoms with Gasteiger partial charge in [0, 0.05) is 49.4 Å². The van der Waals surface area contributed by atoms with E-state index in [2.05, 4.69) is 33.1 Å². The zero-order valence-corrected chi connectivity index (χ0v) is 18.0. The molecule has 3 heterocycles. The molecule has 0 aromatic carbocycles. The summed E-state index contributed by atoms with van der Waals surface area (Å²) < 4.78 is 14.4.